The lowest BCUT2D eigenvalue weighted by Gasteiger charge is -2.26. The Balaban J connectivity index is 1.63. The van der Waals surface area contributed by atoms with Crippen LogP contribution in [0.2, 0.25) is 0 Å². The van der Waals surface area contributed by atoms with Gasteiger partial charge in [0, 0.05) is 18.4 Å². The predicted molar refractivity (Wildman–Crippen MR) is 132 cm³/mol. The SMILES string of the molecule is CCOC(=O)CCCOc1ccccc1C1=NN(c2ccccc2)C(c2ccccc2C(F)(F)F)C1. The van der Waals surface area contributed by atoms with Crippen molar-refractivity contribution in [2.75, 3.05) is 18.2 Å². The smallest absolute Gasteiger partial charge is 0.416 e. The van der Waals surface area contributed by atoms with Gasteiger partial charge in [-0.05, 0) is 49.2 Å². The number of halogens is 3. The van der Waals surface area contributed by atoms with Crippen LogP contribution in [-0.2, 0) is 15.7 Å². The van der Waals surface area contributed by atoms with Crippen LogP contribution >= 0.6 is 0 Å². The average molecular weight is 497 g/mol. The van der Waals surface area contributed by atoms with Gasteiger partial charge in [0.25, 0.3) is 0 Å². The first-order valence-corrected chi connectivity index (χ1v) is 11.8. The van der Waals surface area contributed by atoms with E-state index < -0.39 is 17.8 Å². The van der Waals surface area contributed by atoms with E-state index in [1.54, 1.807) is 24.1 Å². The Kier molecular flexibility index (Phi) is 7.93. The number of para-hydroxylation sites is 2. The quantitative estimate of drug-likeness (QED) is 0.242. The van der Waals surface area contributed by atoms with E-state index in [0.717, 1.165) is 6.07 Å². The minimum Gasteiger partial charge on any atom is -0.493 e. The molecule has 0 aromatic heterocycles. The van der Waals surface area contributed by atoms with Crippen molar-refractivity contribution >= 4 is 17.4 Å². The van der Waals surface area contributed by atoms with Crippen LogP contribution in [0.3, 0.4) is 0 Å². The Bertz CT molecular complexity index is 1210. The third-order valence-corrected chi connectivity index (χ3v) is 5.84. The molecule has 36 heavy (non-hydrogen) atoms. The molecule has 4 rings (SSSR count). The Morgan fingerprint density at radius 3 is 2.44 bits per heavy atom. The fourth-order valence-electron chi connectivity index (χ4n) is 4.24. The van der Waals surface area contributed by atoms with Crippen LogP contribution in [0.15, 0.2) is 84.0 Å². The lowest BCUT2D eigenvalue weighted by molar-refractivity contribution is -0.143. The summed E-state index contributed by atoms with van der Waals surface area (Å²) < 4.78 is 52.5. The molecule has 1 unspecified atom stereocenters. The topological polar surface area (TPSA) is 51.1 Å². The number of alkyl halides is 3. The maximum Gasteiger partial charge on any atom is 0.416 e. The maximum atomic E-state index is 13.9. The highest BCUT2D eigenvalue weighted by Gasteiger charge is 2.39. The minimum atomic E-state index is -4.48. The highest BCUT2D eigenvalue weighted by atomic mass is 19.4. The van der Waals surface area contributed by atoms with Crippen LogP contribution < -0.4 is 9.75 Å². The molecule has 0 saturated carbocycles. The minimum absolute atomic E-state index is 0.167. The molecule has 0 N–H and O–H groups in total. The molecule has 0 bridgehead atoms. The number of hydrogen-bond donors (Lipinski definition) is 0. The van der Waals surface area contributed by atoms with Gasteiger partial charge in [-0.1, -0.05) is 48.5 Å². The van der Waals surface area contributed by atoms with Gasteiger partial charge in [-0.25, -0.2) is 0 Å². The van der Waals surface area contributed by atoms with Gasteiger partial charge in [-0.15, -0.1) is 0 Å². The molecule has 8 heteroatoms. The summed E-state index contributed by atoms with van der Waals surface area (Å²) in [6, 6.07) is 21.5. The monoisotopic (exact) mass is 496 g/mol. The van der Waals surface area contributed by atoms with E-state index in [2.05, 4.69) is 0 Å². The number of carbonyl (C=O) groups is 1. The number of hydrogen-bond acceptors (Lipinski definition) is 5. The van der Waals surface area contributed by atoms with Crippen molar-refractivity contribution in [1.29, 1.82) is 0 Å². The first-order valence-electron chi connectivity index (χ1n) is 11.8. The molecule has 0 radical (unpaired) electrons. The van der Waals surface area contributed by atoms with Crippen LogP contribution in [0.1, 0.15) is 48.9 Å². The molecule has 1 aliphatic rings. The highest BCUT2D eigenvalue weighted by Crippen LogP contribution is 2.43. The number of esters is 1. The average Bonchev–Trinajstić information content (AvgIpc) is 3.32. The molecular formula is C28H27F3N2O3. The van der Waals surface area contributed by atoms with Crippen molar-refractivity contribution in [1.82, 2.24) is 0 Å². The van der Waals surface area contributed by atoms with E-state index in [1.807, 2.05) is 48.5 Å². The molecule has 0 aliphatic carbocycles. The van der Waals surface area contributed by atoms with Gasteiger partial charge >= 0.3 is 12.1 Å². The van der Waals surface area contributed by atoms with E-state index in [9.17, 15) is 18.0 Å². The Morgan fingerprint density at radius 1 is 1.00 bits per heavy atom. The van der Waals surface area contributed by atoms with Gasteiger partial charge < -0.3 is 9.47 Å². The van der Waals surface area contributed by atoms with Gasteiger partial charge in [0.2, 0.25) is 0 Å². The first kappa shape index (κ1) is 25.3. The van der Waals surface area contributed by atoms with Crippen LogP contribution in [0.5, 0.6) is 5.75 Å². The van der Waals surface area contributed by atoms with Crippen molar-refractivity contribution in [2.24, 2.45) is 5.10 Å². The third kappa shape index (κ3) is 5.87. The second kappa shape index (κ2) is 11.3. The predicted octanol–water partition coefficient (Wildman–Crippen LogP) is 6.78. The molecule has 0 spiro atoms. The standard InChI is InChI=1S/C28H27F3N2O3/c1-2-35-27(34)17-10-18-36-26-16-9-7-14-22(26)24-19-25(33(32-24)20-11-4-3-5-12-20)21-13-6-8-15-23(21)28(29,30)31/h3-9,11-16,25H,2,10,17-19H2,1H3. The summed E-state index contributed by atoms with van der Waals surface area (Å²) in [4.78, 5) is 11.6. The van der Waals surface area contributed by atoms with Gasteiger partial charge in [-0.3, -0.25) is 9.80 Å². The molecule has 5 nitrogen and oxygen atoms in total. The largest absolute Gasteiger partial charge is 0.493 e. The van der Waals surface area contributed by atoms with Crippen molar-refractivity contribution < 1.29 is 27.4 Å². The molecule has 1 aliphatic heterocycles. The van der Waals surface area contributed by atoms with E-state index in [0.29, 0.717) is 42.3 Å². The van der Waals surface area contributed by atoms with Crippen molar-refractivity contribution in [3.63, 3.8) is 0 Å². The molecular weight excluding hydrogens is 469 g/mol. The maximum absolute atomic E-state index is 13.9. The number of nitrogens with zero attached hydrogens (tertiary/aromatic N) is 2. The first-order chi connectivity index (χ1) is 17.4. The van der Waals surface area contributed by atoms with Gasteiger partial charge in [0.1, 0.15) is 5.75 Å². The number of benzene rings is 3. The second-order valence-electron chi connectivity index (χ2n) is 8.28. The molecule has 1 heterocycles. The fourth-order valence-corrected chi connectivity index (χ4v) is 4.24. The van der Waals surface area contributed by atoms with E-state index in [-0.39, 0.29) is 24.4 Å². The van der Waals surface area contributed by atoms with E-state index in [1.165, 1.54) is 12.1 Å². The highest BCUT2D eigenvalue weighted by molar-refractivity contribution is 6.05. The molecule has 188 valence electrons. The summed E-state index contributed by atoms with van der Waals surface area (Å²) in [5, 5.41) is 6.43. The number of hydrazone groups is 1. The zero-order valence-electron chi connectivity index (χ0n) is 19.9. The number of carbonyl (C=O) groups excluding carboxylic acids is 1. The Morgan fingerprint density at radius 2 is 1.69 bits per heavy atom. The molecule has 0 saturated heterocycles. The summed E-state index contributed by atoms with van der Waals surface area (Å²) in [5.41, 5.74) is 1.53. The van der Waals surface area contributed by atoms with Crippen molar-refractivity contribution in [3.05, 3.63) is 95.6 Å². The normalized spacial score (nSPS) is 15.5. The molecule has 1 atom stereocenters. The summed E-state index contributed by atoms with van der Waals surface area (Å²) in [6.07, 6.45) is -3.49. The fraction of sp³-hybridized carbons (Fsp3) is 0.286. The van der Waals surface area contributed by atoms with Crippen LogP contribution in [0.25, 0.3) is 0 Å². The zero-order valence-corrected chi connectivity index (χ0v) is 19.9. The van der Waals surface area contributed by atoms with Gasteiger partial charge in [0.15, 0.2) is 0 Å². The van der Waals surface area contributed by atoms with Gasteiger partial charge in [0.05, 0.1) is 36.2 Å². The summed E-state index contributed by atoms with van der Waals surface area (Å²) >= 11 is 0. The van der Waals surface area contributed by atoms with Crippen LogP contribution in [-0.4, -0.2) is 24.9 Å². The van der Waals surface area contributed by atoms with Gasteiger partial charge in [-0.2, -0.15) is 18.3 Å². The zero-order chi connectivity index (χ0) is 25.5. The second-order valence-corrected chi connectivity index (χ2v) is 8.28. The van der Waals surface area contributed by atoms with Crippen molar-refractivity contribution in [2.45, 2.75) is 38.4 Å². The molecule has 0 fully saturated rings. The van der Waals surface area contributed by atoms with Crippen LogP contribution in [0, 0.1) is 0 Å². The van der Waals surface area contributed by atoms with Crippen LogP contribution in [0.4, 0.5) is 18.9 Å². The van der Waals surface area contributed by atoms with E-state index in [4.69, 9.17) is 14.6 Å². The Hall–Kier alpha value is -3.81. The van der Waals surface area contributed by atoms with Crippen molar-refractivity contribution in [3.8, 4) is 5.75 Å². The number of ether oxygens (including phenoxy) is 2. The summed E-state index contributed by atoms with van der Waals surface area (Å²) in [7, 11) is 0. The molecule has 3 aromatic rings. The molecule has 3 aromatic carbocycles. The summed E-state index contributed by atoms with van der Waals surface area (Å²) in [6.45, 7) is 2.39. The number of rotatable bonds is 9. The lowest BCUT2D eigenvalue weighted by Crippen LogP contribution is -2.22. The van der Waals surface area contributed by atoms with E-state index >= 15 is 0 Å². The third-order valence-electron chi connectivity index (χ3n) is 5.84. The summed E-state index contributed by atoms with van der Waals surface area (Å²) in [5.74, 6) is 0.289. The lowest BCUT2D eigenvalue weighted by atomic mass is 9.94. The number of anilines is 1. The Labute approximate surface area is 208 Å². The molecule has 0 amide bonds.